The van der Waals surface area contributed by atoms with Crippen LogP contribution in [0.15, 0.2) is 24.3 Å². The summed E-state index contributed by atoms with van der Waals surface area (Å²) in [7, 11) is 0. The first-order valence-corrected chi connectivity index (χ1v) is 6.44. The van der Waals surface area contributed by atoms with Crippen LogP contribution >= 0.6 is 0 Å². The lowest BCUT2D eigenvalue weighted by Gasteiger charge is -2.29. The van der Waals surface area contributed by atoms with Crippen LogP contribution in [-0.4, -0.2) is 29.0 Å². The van der Waals surface area contributed by atoms with E-state index < -0.39 is 0 Å². The van der Waals surface area contributed by atoms with Crippen LogP contribution in [0.2, 0.25) is 0 Å². The molecule has 0 saturated heterocycles. The summed E-state index contributed by atoms with van der Waals surface area (Å²) in [6, 6.07) is 8.27. The summed E-state index contributed by atoms with van der Waals surface area (Å²) in [6.45, 7) is 0.189. The first kappa shape index (κ1) is 12.4. The van der Waals surface area contributed by atoms with Gasteiger partial charge in [-0.25, -0.2) is 0 Å². The highest BCUT2D eigenvalue weighted by Gasteiger charge is 2.22. The molecule has 2 rings (SSSR count). The molecule has 2 atom stereocenters. The number of hydrogen-bond donors (Lipinski definition) is 3. The molecule has 1 fully saturated rings. The predicted octanol–water partition coefficient (Wildman–Crippen LogP) is 1.94. The summed E-state index contributed by atoms with van der Waals surface area (Å²) in [5.41, 5.74) is 2.19. The maximum absolute atomic E-state index is 9.87. The second kappa shape index (κ2) is 6.03. The van der Waals surface area contributed by atoms with Crippen LogP contribution in [0.1, 0.15) is 31.2 Å². The van der Waals surface area contributed by atoms with Crippen molar-refractivity contribution in [2.45, 2.75) is 44.2 Å². The molecule has 17 heavy (non-hydrogen) atoms. The van der Waals surface area contributed by atoms with Crippen molar-refractivity contribution < 1.29 is 10.2 Å². The number of rotatable bonds is 4. The molecule has 0 aliphatic heterocycles. The smallest absolute Gasteiger partial charge is 0.0741 e. The van der Waals surface area contributed by atoms with Crippen molar-refractivity contribution >= 4 is 5.69 Å². The Balaban J connectivity index is 1.93. The van der Waals surface area contributed by atoms with E-state index in [-0.39, 0.29) is 18.8 Å². The highest BCUT2D eigenvalue weighted by Crippen LogP contribution is 2.22. The van der Waals surface area contributed by atoms with Crippen molar-refractivity contribution in [1.29, 1.82) is 0 Å². The van der Waals surface area contributed by atoms with E-state index in [9.17, 15) is 5.11 Å². The molecular formula is C14H21NO2. The van der Waals surface area contributed by atoms with Crippen molar-refractivity contribution in [2.24, 2.45) is 0 Å². The number of hydrogen-bond acceptors (Lipinski definition) is 3. The van der Waals surface area contributed by atoms with E-state index in [1.165, 1.54) is 6.42 Å². The number of nitrogens with one attached hydrogen (secondary N) is 1. The topological polar surface area (TPSA) is 52.5 Å². The zero-order valence-corrected chi connectivity index (χ0v) is 10.1. The summed E-state index contributed by atoms with van der Waals surface area (Å²) in [5, 5.41) is 22.1. The van der Waals surface area contributed by atoms with Gasteiger partial charge in [0.15, 0.2) is 0 Å². The van der Waals surface area contributed by atoms with Gasteiger partial charge in [-0.05, 0) is 37.0 Å². The summed E-state index contributed by atoms with van der Waals surface area (Å²) >= 11 is 0. The minimum Gasteiger partial charge on any atom is -0.396 e. The third-order valence-corrected chi connectivity index (χ3v) is 3.44. The molecule has 1 aromatic carbocycles. The SMILES string of the molecule is OCCc1ccc(N[C@H]2CCCC[C@@H]2O)cc1. The Morgan fingerprint density at radius 3 is 2.47 bits per heavy atom. The summed E-state index contributed by atoms with van der Waals surface area (Å²) in [4.78, 5) is 0. The quantitative estimate of drug-likeness (QED) is 0.747. The van der Waals surface area contributed by atoms with E-state index in [4.69, 9.17) is 5.11 Å². The van der Waals surface area contributed by atoms with Gasteiger partial charge in [-0.1, -0.05) is 25.0 Å². The average molecular weight is 235 g/mol. The molecule has 3 nitrogen and oxygen atoms in total. The van der Waals surface area contributed by atoms with Crippen LogP contribution in [0.5, 0.6) is 0 Å². The minimum absolute atomic E-state index is 0.187. The minimum atomic E-state index is -0.221. The largest absolute Gasteiger partial charge is 0.396 e. The van der Waals surface area contributed by atoms with Gasteiger partial charge in [0.1, 0.15) is 0 Å². The lowest BCUT2D eigenvalue weighted by molar-refractivity contribution is 0.116. The predicted molar refractivity (Wildman–Crippen MR) is 69.1 cm³/mol. The van der Waals surface area contributed by atoms with Crippen LogP contribution in [0.4, 0.5) is 5.69 Å². The highest BCUT2D eigenvalue weighted by molar-refractivity contribution is 5.45. The van der Waals surface area contributed by atoms with Gasteiger partial charge in [0.2, 0.25) is 0 Å². The monoisotopic (exact) mass is 235 g/mol. The van der Waals surface area contributed by atoms with Crippen molar-refractivity contribution in [3.63, 3.8) is 0 Å². The summed E-state index contributed by atoms with van der Waals surface area (Å²) < 4.78 is 0. The fraction of sp³-hybridized carbons (Fsp3) is 0.571. The van der Waals surface area contributed by atoms with Gasteiger partial charge in [0, 0.05) is 12.3 Å². The molecule has 3 heteroatoms. The van der Waals surface area contributed by atoms with Gasteiger partial charge in [-0.15, -0.1) is 0 Å². The van der Waals surface area contributed by atoms with Crippen molar-refractivity contribution in [3.8, 4) is 0 Å². The van der Waals surface area contributed by atoms with E-state index in [0.29, 0.717) is 6.42 Å². The standard InChI is InChI=1S/C14H21NO2/c16-10-9-11-5-7-12(8-6-11)15-13-3-1-2-4-14(13)17/h5-8,13-17H,1-4,9-10H2/t13-,14-/m0/s1. The van der Waals surface area contributed by atoms with Crippen molar-refractivity contribution in [2.75, 3.05) is 11.9 Å². The zero-order chi connectivity index (χ0) is 12.1. The second-order valence-electron chi connectivity index (χ2n) is 4.77. The van der Waals surface area contributed by atoms with Crippen molar-refractivity contribution in [1.82, 2.24) is 0 Å². The first-order chi connectivity index (χ1) is 8.29. The van der Waals surface area contributed by atoms with E-state index in [0.717, 1.165) is 30.5 Å². The number of aliphatic hydroxyl groups is 2. The average Bonchev–Trinajstić information content (AvgIpc) is 2.35. The summed E-state index contributed by atoms with van der Waals surface area (Å²) in [5.74, 6) is 0. The highest BCUT2D eigenvalue weighted by atomic mass is 16.3. The van der Waals surface area contributed by atoms with E-state index in [1.54, 1.807) is 0 Å². The van der Waals surface area contributed by atoms with Crippen LogP contribution in [0.3, 0.4) is 0 Å². The molecule has 1 aromatic rings. The Bertz CT molecular complexity index is 337. The Kier molecular flexibility index (Phi) is 4.40. The molecule has 0 heterocycles. The van der Waals surface area contributed by atoms with Crippen LogP contribution < -0.4 is 5.32 Å². The molecular weight excluding hydrogens is 214 g/mol. The molecule has 1 saturated carbocycles. The number of benzene rings is 1. The molecule has 3 N–H and O–H groups in total. The molecule has 0 aromatic heterocycles. The first-order valence-electron chi connectivity index (χ1n) is 6.44. The number of aliphatic hydroxyl groups excluding tert-OH is 2. The Morgan fingerprint density at radius 1 is 1.12 bits per heavy atom. The van der Waals surface area contributed by atoms with E-state index in [1.807, 2.05) is 24.3 Å². The molecule has 94 valence electrons. The molecule has 0 amide bonds. The van der Waals surface area contributed by atoms with Gasteiger partial charge in [0.05, 0.1) is 12.1 Å². The fourth-order valence-corrected chi connectivity index (χ4v) is 2.39. The van der Waals surface area contributed by atoms with E-state index in [2.05, 4.69) is 5.32 Å². The van der Waals surface area contributed by atoms with Crippen LogP contribution in [0, 0.1) is 0 Å². The Hall–Kier alpha value is -1.06. The molecule has 1 aliphatic carbocycles. The van der Waals surface area contributed by atoms with Gasteiger partial charge < -0.3 is 15.5 Å². The molecule has 0 spiro atoms. The molecule has 0 bridgehead atoms. The van der Waals surface area contributed by atoms with Crippen molar-refractivity contribution in [3.05, 3.63) is 29.8 Å². The zero-order valence-electron chi connectivity index (χ0n) is 10.1. The maximum atomic E-state index is 9.87. The third-order valence-electron chi connectivity index (χ3n) is 3.44. The lowest BCUT2D eigenvalue weighted by atomic mass is 9.92. The molecule has 0 unspecified atom stereocenters. The van der Waals surface area contributed by atoms with Crippen LogP contribution in [-0.2, 0) is 6.42 Å². The van der Waals surface area contributed by atoms with Gasteiger partial charge in [-0.3, -0.25) is 0 Å². The summed E-state index contributed by atoms with van der Waals surface area (Å²) in [6.07, 6.45) is 4.75. The fourth-order valence-electron chi connectivity index (χ4n) is 2.39. The Morgan fingerprint density at radius 2 is 1.82 bits per heavy atom. The van der Waals surface area contributed by atoms with Gasteiger partial charge in [-0.2, -0.15) is 0 Å². The second-order valence-corrected chi connectivity index (χ2v) is 4.77. The molecule has 0 radical (unpaired) electrons. The van der Waals surface area contributed by atoms with Crippen LogP contribution in [0.25, 0.3) is 0 Å². The normalized spacial score (nSPS) is 24.6. The lowest BCUT2D eigenvalue weighted by Crippen LogP contribution is -2.36. The Labute approximate surface area is 102 Å². The third kappa shape index (κ3) is 3.45. The maximum Gasteiger partial charge on any atom is 0.0741 e. The number of anilines is 1. The van der Waals surface area contributed by atoms with E-state index >= 15 is 0 Å². The van der Waals surface area contributed by atoms with Gasteiger partial charge in [0.25, 0.3) is 0 Å². The van der Waals surface area contributed by atoms with Gasteiger partial charge >= 0.3 is 0 Å². The molecule has 1 aliphatic rings.